The number of tetrazole rings is 1. The standard InChI is InChI=1S/C22H27N5O/c1-16-10-11-20(17(2)14-16)27-21(24-25-26-27)22(12-5-4-6-13-22)23-18-8-7-9-19(15-18)28-3/h7-11,14-15,23H,4-6,12-13H2,1-3H3. The van der Waals surface area contributed by atoms with Gasteiger partial charge in [0.05, 0.1) is 18.3 Å². The summed E-state index contributed by atoms with van der Waals surface area (Å²) >= 11 is 0. The molecule has 0 aliphatic heterocycles. The van der Waals surface area contributed by atoms with Crippen LogP contribution in [-0.4, -0.2) is 27.3 Å². The fraction of sp³-hybridized carbons (Fsp3) is 0.409. The van der Waals surface area contributed by atoms with E-state index in [-0.39, 0.29) is 5.54 Å². The summed E-state index contributed by atoms with van der Waals surface area (Å²) in [4.78, 5) is 0. The molecule has 0 radical (unpaired) electrons. The number of aryl methyl sites for hydroxylation is 2. The lowest BCUT2D eigenvalue weighted by Gasteiger charge is -2.37. The molecule has 146 valence electrons. The Bertz CT molecular complexity index is 959. The van der Waals surface area contributed by atoms with E-state index < -0.39 is 0 Å². The zero-order valence-electron chi connectivity index (χ0n) is 16.8. The Morgan fingerprint density at radius 1 is 1.04 bits per heavy atom. The highest BCUT2D eigenvalue weighted by Gasteiger charge is 2.39. The zero-order chi connectivity index (χ0) is 19.6. The van der Waals surface area contributed by atoms with Crippen LogP contribution >= 0.6 is 0 Å². The lowest BCUT2D eigenvalue weighted by Crippen LogP contribution is -2.40. The average molecular weight is 377 g/mol. The summed E-state index contributed by atoms with van der Waals surface area (Å²) in [5.74, 6) is 1.71. The van der Waals surface area contributed by atoms with E-state index in [9.17, 15) is 0 Å². The van der Waals surface area contributed by atoms with Crippen molar-refractivity contribution in [1.29, 1.82) is 0 Å². The van der Waals surface area contributed by atoms with Crippen LogP contribution in [0.3, 0.4) is 0 Å². The van der Waals surface area contributed by atoms with Gasteiger partial charge in [0.15, 0.2) is 5.82 Å². The van der Waals surface area contributed by atoms with Crippen LogP contribution < -0.4 is 10.1 Å². The highest BCUT2D eigenvalue weighted by atomic mass is 16.5. The number of ether oxygens (including phenoxy) is 1. The smallest absolute Gasteiger partial charge is 0.181 e. The molecule has 1 aliphatic rings. The molecule has 0 unspecified atom stereocenters. The SMILES string of the molecule is COc1cccc(NC2(c3nnnn3-c3ccc(C)cc3C)CCCCC2)c1. The first-order valence-corrected chi connectivity index (χ1v) is 9.90. The number of nitrogens with one attached hydrogen (secondary N) is 1. The first-order chi connectivity index (χ1) is 13.6. The van der Waals surface area contributed by atoms with Gasteiger partial charge < -0.3 is 10.1 Å². The van der Waals surface area contributed by atoms with Gasteiger partial charge in [-0.15, -0.1) is 5.10 Å². The predicted molar refractivity (Wildman–Crippen MR) is 110 cm³/mol. The number of hydrogen-bond acceptors (Lipinski definition) is 5. The maximum atomic E-state index is 5.40. The molecule has 1 fully saturated rings. The highest BCUT2D eigenvalue weighted by molar-refractivity contribution is 5.51. The van der Waals surface area contributed by atoms with Gasteiger partial charge in [0.25, 0.3) is 0 Å². The van der Waals surface area contributed by atoms with Crippen molar-refractivity contribution < 1.29 is 4.74 Å². The van der Waals surface area contributed by atoms with Crippen molar-refractivity contribution in [1.82, 2.24) is 20.2 Å². The summed E-state index contributed by atoms with van der Waals surface area (Å²) < 4.78 is 7.31. The van der Waals surface area contributed by atoms with Crippen LogP contribution in [-0.2, 0) is 5.54 Å². The second-order valence-corrected chi connectivity index (χ2v) is 7.70. The molecule has 0 amide bonds. The first kappa shape index (κ1) is 18.5. The third-order valence-electron chi connectivity index (χ3n) is 5.64. The predicted octanol–water partition coefficient (Wildman–Crippen LogP) is 4.56. The molecule has 0 bridgehead atoms. The highest BCUT2D eigenvalue weighted by Crippen LogP contribution is 2.40. The van der Waals surface area contributed by atoms with Gasteiger partial charge in [-0.3, -0.25) is 0 Å². The van der Waals surface area contributed by atoms with Crippen LogP contribution in [0.15, 0.2) is 42.5 Å². The second-order valence-electron chi connectivity index (χ2n) is 7.70. The summed E-state index contributed by atoms with van der Waals surface area (Å²) in [6, 6.07) is 14.4. The van der Waals surface area contributed by atoms with Crippen LogP contribution in [0.4, 0.5) is 5.69 Å². The molecule has 1 aliphatic carbocycles. The molecule has 2 aromatic carbocycles. The van der Waals surface area contributed by atoms with E-state index in [1.807, 2.05) is 22.9 Å². The van der Waals surface area contributed by atoms with Crippen molar-refractivity contribution in [2.24, 2.45) is 0 Å². The Balaban J connectivity index is 1.77. The summed E-state index contributed by atoms with van der Waals surface area (Å²) in [7, 11) is 1.69. The van der Waals surface area contributed by atoms with Crippen molar-refractivity contribution in [2.45, 2.75) is 51.5 Å². The van der Waals surface area contributed by atoms with Crippen molar-refractivity contribution >= 4 is 5.69 Å². The van der Waals surface area contributed by atoms with E-state index in [4.69, 9.17) is 4.74 Å². The summed E-state index contributed by atoms with van der Waals surface area (Å²) in [6.07, 6.45) is 5.53. The van der Waals surface area contributed by atoms with Gasteiger partial charge in [-0.25, -0.2) is 0 Å². The molecular weight excluding hydrogens is 350 g/mol. The Labute approximate surface area is 165 Å². The number of anilines is 1. The Hall–Kier alpha value is -2.89. The fourth-order valence-corrected chi connectivity index (χ4v) is 4.23. The number of hydrogen-bond donors (Lipinski definition) is 1. The second kappa shape index (κ2) is 7.62. The molecule has 0 saturated heterocycles. The molecule has 4 rings (SSSR count). The minimum Gasteiger partial charge on any atom is -0.497 e. The summed E-state index contributed by atoms with van der Waals surface area (Å²) in [5, 5.41) is 16.7. The summed E-state index contributed by atoms with van der Waals surface area (Å²) in [5.41, 5.74) is 4.16. The first-order valence-electron chi connectivity index (χ1n) is 9.90. The van der Waals surface area contributed by atoms with Crippen LogP contribution in [0, 0.1) is 13.8 Å². The van der Waals surface area contributed by atoms with E-state index >= 15 is 0 Å². The molecule has 1 saturated carbocycles. The van der Waals surface area contributed by atoms with Gasteiger partial charge in [0, 0.05) is 11.8 Å². The van der Waals surface area contributed by atoms with Crippen molar-refractivity contribution in [3.63, 3.8) is 0 Å². The van der Waals surface area contributed by atoms with Crippen LogP contribution in [0.2, 0.25) is 0 Å². The van der Waals surface area contributed by atoms with Crippen LogP contribution in [0.25, 0.3) is 5.69 Å². The van der Waals surface area contributed by atoms with Crippen molar-refractivity contribution in [3.05, 3.63) is 59.4 Å². The van der Waals surface area contributed by atoms with Gasteiger partial charge in [-0.2, -0.15) is 4.68 Å². The number of benzene rings is 2. The third-order valence-corrected chi connectivity index (χ3v) is 5.64. The van der Waals surface area contributed by atoms with Crippen LogP contribution in [0.5, 0.6) is 5.75 Å². The molecule has 6 nitrogen and oxygen atoms in total. The van der Waals surface area contributed by atoms with Gasteiger partial charge in [-0.1, -0.05) is 43.0 Å². The number of methoxy groups -OCH3 is 1. The molecule has 1 heterocycles. The number of rotatable bonds is 5. The van der Waals surface area contributed by atoms with Gasteiger partial charge >= 0.3 is 0 Å². The van der Waals surface area contributed by atoms with Crippen molar-refractivity contribution in [2.75, 3.05) is 12.4 Å². The maximum absolute atomic E-state index is 5.40. The van der Waals surface area contributed by atoms with E-state index in [0.29, 0.717) is 0 Å². The minimum atomic E-state index is -0.300. The monoisotopic (exact) mass is 377 g/mol. The molecular formula is C22H27N5O. The molecule has 6 heteroatoms. The van der Waals surface area contributed by atoms with Gasteiger partial charge in [0.2, 0.25) is 0 Å². The third kappa shape index (κ3) is 3.46. The minimum absolute atomic E-state index is 0.300. The van der Waals surface area contributed by atoms with Crippen LogP contribution in [0.1, 0.15) is 49.1 Å². The van der Waals surface area contributed by atoms with E-state index in [2.05, 4.69) is 59.0 Å². The molecule has 28 heavy (non-hydrogen) atoms. The van der Waals surface area contributed by atoms with Gasteiger partial charge in [-0.05, 0) is 60.9 Å². The van der Waals surface area contributed by atoms with Gasteiger partial charge in [0.1, 0.15) is 5.75 Å². The molecule has 0 atom stereocenters. The maximum Gasteiger partial charge on any atom is 0.181 e. The number of aromatic nitrogens is 4. The summed E-state index contributed by atoms with van der Waals surface area (Å²) in [6.45, 7) is 4.21. The topological polar surface area (TPSA) is 64.9 Å². The Kier molecular flexibility index (Phi) is 5.03. The Morgan fingerprint density at radius 2 is 1.86 bits per heavy atom. The lowest BCUT2D eigenvalue weighted by molar-refractivity contribution is 0.309. The largest absolute Gasteiger partial charge is 0.497 e. The molecule has 1 aromatic heterocycles. The van der Waals surface area contributed by atoms with E-state index in [0.717, 1.165) is 48.6 Å². The normalized spacial score (nSPS) is 16.0. The fourth-order valence-electron chi connectivity index (χ4n) is 4.23. The van der Waals surface area contributed by atoms with E-state index in [1.165, 1.54) is 17.5 Å². The quantitative estimate of drug-likeness (QED) is 0.706. The van der Waals surface area contributed by atoms with E-state index in [1.54, 1.807) is 7.11 Å². The lowest BCUT2D eigenvalue weighted by atomic mass is 9.80. The molecule has 3 aromatic rings. The Morgan fingerprint density at radius 3 is 2.61 bits per heavy atom. The molecule has 1 N–H and O–H groups in total. The average Bonchev–Trinajstić information content (AvgIpc) is 3.19. The number of nitrogens with zero attached hydrogens (tertiary/aromatic N) is 4. The zero-order valence-corrected chi connectivity index (χ0v) is 16.8. The molecule has 0 spiro atoms. The van der Waals surface area contributed by atoms with Crippen molar-refractivity contribution in [3.8, 4) is 11.4 Å².